The molecule has 0 aliphatic carbocycles. The third kappa shape index (κ3) is 1.98. The van der Waals surface area contributed by atoms with Crippen molar-refractivity contribution in [3.05, 3.63) is 50.1 Å². The van der Waals surface area contributed by atoms with E-state index in [1.807, 2.05) is 22.8 Å². The van der Waals surface area contributed by atoms with Crippen LogP contribution in [0.3, 0.4) is 0 Å². The number of aromatic nitrogens is 2. The Morgan fingerprint density at radius 2 is 2.17 bits per heavy atom. The molecule has 6 heteroatoms. The zero-order valence-electron chi connectivity index (χ0n) is 9.11. The van der Waals surface area contributed by atoms with E-state index in [0.717, 1.165) is 14.7 Å². The smallest absolute Gasteiger partial charge is 0.178 e. The van der Waals surface area contributed by atoms with Gasteiger partial charge in [-0.2, -0.15) is 0 Å². The summed E-state index contributed by atoms with van der Waals surface area (Å²) in [5.41, 5.74) is 1.22. The van der Waals surface area contributed by atoms with Gasteiger partial charge in [-0.05, 0) is 36.5 Å². The van der Waals surface area contributed by atoms with Crippen molar-refractivity contribution in [2.75, 3.05) is 0 Å². The van der Waals surface area contributed by atoms with Gasteiger partial charge in [0.25, 0.3) is 0 Å². The van der Waals surface area contributed by atoms with Crippen LogP contribution in [0.2, 0.25) is 4.34 Å². The topological polar surface area (TPSA) is 20.7 Å². The maximum absolute atomic E-state index is 13.6. The molecular formula is C12H8ClFN2S2. The minimum absolute atomic E-state index is 0.290. The predicted molar refractivity (Wildman–Crippen MR) is 75.5 cm³/mol. The molecule has 1 aromatic carbocycles. The average molecular weight is 299 g/mol. The Kier molecular flexibility index (Phi) is 2.97. The summed E-state index contributed by atoms with van der Waals surface area (Å²) in [5, 5.41) is 0. The van der Waals surface area contributed by atoms with Crippen molar-refractivity contribution in [1.29, 1.82) is 0 Å². The minimum Gasteiger partial charge on any atom is -0.328 e. The number of H-pyrrole nitrogens is 1. The first kappa shape index (κ1) is 11.9. The Bertz CT molecular complexity index is 772. The van der Waals surface area contributed by atoms with Crippen molar-refractivity contribution in [2.45, 2.75) is 6.54 Å². The highest BCUT2D eigenvalue weighted by Crippen LogP contribution is 2.24. The lowest BCUT2D eigenvalue weighted by Crippen LogP contribution is -1.97. The highest BCUT2D eigenvalue weighted by Gasteiger charge is 2.09. The van der Waals surface area contributed by atoms with E-state index in [1.54, 1.807) is 6.07 Å². The molecule has 0 unspecified atom stereocenters. The number of hydrogen-bond donors (Lipinski definition) is 1. The second-order valence-corrected chi connectivity index (χ2v) is 6.04. The Morgan fingerprint density at radius 3 is 2.89 bits per heavy atom. The standard InChI is InChI=1S/C12H8ClFN2S2/c13-10-5-4-7(18-10)6-16-9-3-1-2-8(14)11(9)15-12(16)17/h1-5H,6H2,(H,15,17). The summed E-state index contributed by atoms with van der Waals surface area (Å²) in [4.78, 5) is 3.98. The first-order chi connectivity index (χ1) is 8.65. The van der Waals surface area contributed by atoms with Crippen molar-refractivity contribution in [1.82, 2.24) is 9.55 Å². The molecule has 2 nitrogen and oxygen atoms in total. The second-order valence-electron chi connectivity index (χ2n) is 3.86. The van der Waals surface area contributed by atoms with Crippen LogP contribution in [0.15, 0.2) is 30.3 Å². The monoisotopic (exact) mass is 298 g/mol. The number of rotatable bonds is 2. The van der Waals surface area contributed by atoms with Crippen LogP contribution in [-0.2, 0) is 6.54 Å². The van der Waals surface area contributed by atoms with Gasteiger partial charge in [0.15, 0.2) is 4.77 Å². The van der Waals surface area contributed by atoms with E-state index in [9.17, 15) is 4.39 Å². The lowest BCUT2D eigenvalue weighted by Gasteiger charge is -2.02. The zero-order valence-corrected chi connectivity index (χ0v) is 11.5. The van der Waals surface area contributed by atoms with Crippen molar-refractivity contribution >= 4 is 46.2 Å². The van der Waals surface area contributed by atoms with Crippen molar-refractivity contribution in [2.24, 2.45) is 0 Å². The molecule has 0 radical (unpaired) electrons. The maximum Gasteiger partial charge on any atom is 0.178 e. The molecule has 1 N–H and O–H groups in total. The van der Waals surface area contributed by atoms with Gasteiger partial charge in [-0.3, -0.25) is 0 Å². The van der Waals surface area contributed by atoms with Gasteiger partial charge in [0.2, 0.25) is 0 Å². The lowest BCUT2D eigenvalue weighted by molar-refractivity contribution is 0.637. The van der Waals surface area contributed by atoms with Crippen LogP contribution in [0.4, 0.5) is 4.39 Å². The van der Waals surface area contributed by atoms with Gasteiger partial charge in [0.05, 0.1) is 16.4 Å². The first-order valence-electron chi connectivity index (χ1n) is 5.26. The molecule has 3 rings (SSSR count). The summed E-state index contributed by atoms with van der Waals surface area (Å²) < 4.78 is 16.7. The largest absolute Gasteiger partial charge is 0.328 e. The molecule has 0 saturated carbocycles. The molecule has 0 spiro atoms. The number of hydrogen-bond acceptors (Lipinski definition) is 2. The SMILES string of the molecule is Fc1cccc2c1[nH]c(=S)n2Cc1ccc(Cl)s1. The molecule has 0 atom stereocenters. The number of para-hydroxylation sites is 1. The van der Waals surface area contributed by atoms with Crippen molar-refractivity contribution in [3.8, 4) is 0 Å². The summed E-state index contributed by atoms with van der Waals surface area (Å²) in [6.07, 6.45) is 0. The molecule has 18 heavy (non-hydrogen) atoms. The summed E-state index contributed by atoms with van der Waals surface area (Å²) >= 11 is 12.6. The van der Waals surface area contributed by atoms with Gasteiger partial charge < -0.3 is 9.55 Å². The maximum atomic E-state index is 13.6. The molecule has 0 aliphatic heterocycles. The van der Waals surface area contributed by atoms with Gasteiger partial charge in [-0.15, -0.1) is 11.3 Å². The summed E-state index contributed by atoms with van der Waals surface area (Å²) in [7, 11) is 0. The molecule has 2 aromatic heterocycles. The summed E-state index contributed by atoms with van der Waals surface area (Å²) in [5.74, 6) is -0.290. The van der Waals surface area contributed by atoms with Crippen LogP contribution in [0.1, 0.15) is 4.88 Å². The van der Waals surface area contributed by atoms with Gasteiger partial charge in [-0.25, -0.2) is 4.39 Å². The zero-order chi connectivity index (χ0) is 12.7. The average Bonchev–Trinajstić information content (AvgIpc) is 2.87. The number of thiophene rings is 1. The van der Waals surface area contributed by atoms with Crippen LogP contribution in [-0.4, -0.2) is 9.55 Å². The van der Waals surface area contributed by atoms with Crippen LogP contribution in [0.5, 0.6) is 0 Å². The van der Waals surface area contributed by atoms with Gasteiger partial charge in [-0.1, -0.05) is 17.7 Å². The fourth-order valence-electron chi connectivity index (χ4n) is 1.89. The molecule has 0 fully saturated rings. The van der Waals surface area contributed by atoms with E-state index >= 15 is 0 Å². The second kappa shape index (κ2) is 4.50. The Balaban J connectivity index is 2.14. The van der Waals surface area contributed by atoms with E-state index in [4.69, 9.17) is 23.8 Å². The van der Waals surface area contributed by atoms with Crippen molar-refractivity contribution in [3.63, 3.8) is 0 Å². The first-order valence-corrected chi connectivity index (χ1v) is 6.86. The highest BCUT2D eigenvalue weighted by atomic mass is 35.5. The normalized spacial score (nSPS) is 11.2. The molecular weight excluding hydrogens is 291 g/mol. The quantitative estimate of drug-likeness (QED) is 0.686. The van der Waals surface area contributed by atoms with Crippen LogP contribution in [0.25, 0.3) is 11.0 Å². The van der Waals surface area contributed by atoms with Crippen LogP contribution in [0, 0.1) is 10.6 Å². The number of nitrogens with zero attached hydrogens (tertiary/aromatic N) is 1. The van der Waals surface area contributed by atoms with Crippen LogP contribution >= 0.6 is 35.2 Å². The van der Waals surface area contributed by atoms with Gasteiger partial charge in [0, 0.05) is 4.88 Å². The number of aromatic amines is 1. The van der Waals surface area contributed by atoms with Gasteiger partial charge in [0.1, 0.15) is 11.3 Å². The predicted octanol–water partition coefficient (Wildman–Crippen LogP) is 4.60. The lowest BCUT2D eigenvalue weighted by atomic mass is 10.3. The number of nitrogens with one attached hydrogen (secondary N) is 1. The fourth-order valence-corrected chi connectivity index (χ4v) is 3.24. The third-order valence-corrected chi connectivity index (χ3v) is 4.24. The van der Waals surface area contributed by atoms with E-state index in [-0.39, 0.29) is 5.82 Å². The number of halogens is 2. The molecule has 0 amide bonds. The molecule has 2 heterocycles. The summed E-state index contributed by atoms with van der Waals surface area (Å²) in [6.45, 7) is 0.597. The minimum atomic E-state index is -0.290. The van der Waals surface area contributed by atoms with Gasteiger partial charge >= 0.3 is 0 Å². The van der Waals surface area contributed by atoms with E-state index in [0.29, 0.717) is 16.8 Å². The molecule has 0 aliphatic rings. The van der Waals surface area contributed by atoms with Crippen LogP contribution < -0.4 is 0 Å². The molecule has 0 saturated heterocycles. The van der Waals surface area contributed by atoms with E-state index in [2.05, 4.69) is 4.98 Å². The number of benzene rings is 1. The number of imidazole rings is 1. The molecule has 3 aromatic rings. The fraction of sp³-hybridized carbons (Fsp3) is 0.0833. The Labute approximate surface area is 117 Å². The van der Waals surface area contributed by atoms with Crippen molar-refractivity contribution < 1.29 is 4.39 Å². The Hall–Kier alpha value is -1.17. The molecule has 92 valence electrons. The van der Waals surface area contributed by atoms with E-state index < -0.39 is 0 Å². The Morgan fingerprint density at radius 1 is 1.33 bits per heavy atom. The highest BCUT2D eigenvalue weighted by molar-refractivity contribution is 7.71. The summed E-state index contributed by atoms with van der Waals surface area (Å²) in [6, 6.07) is 8.74. The molecule has 0 bridgehead atoms. The third-order valence-electron chi connectivity index (χ3n) is 2.70. The number of fused-ring (bicyclic) bond motifs is 1. The van der Waals surface area contributed by atoms with E-state index in [1.165, 1.54) is 17.4 Å².